The summed E-state index contributed by atoms with van der Waals surface area (Å²) in [6, 6.07) is 8.92. The number of ketones is 1. The van der Waals surface area contributed by atoms with Crippen LogP contribution in [-0.4, -0.2) is 34.5 Å². The summed E-state index contributed by atoms with van der Waals surface area (Å²) < 4.78 is 15.9. The summed E-state index contributed by atoms with van der Waals surface area (Å²) in [4.78, 5) is 28.4. The Hall–Kier alpha value is -1.99. The zero-order valence-electron chi connectivity index (χ0n) is 23.6. The Bertz CT molecular complexity index is 1310. The van der Waals surface area contributed by atoms with Gasteiger partial charge >= 0.3 is 0 Å². The lowest BCUT2D eigenvalue weighted by Crippen LogP contribution is -2.48. The molecule has 4 atom stereocenters. The Labute approximate surface area is 246 Å². The first-order valence-electron chi connectivity index (χ1n) is 14.3. The third kappa shape index (κ3) is 5.33. The number of amides is 1. The minimum absolute atomic E-state index is 0.0152. The van der Waals surface area contributed by atoms with Crippen molar-refractivity contribution in [1.29, 1.82) is 0 Å². The van der Waals surface area contributed by atoms with Gasteiger partial charge in [-0.05, 0) is 86.1 Å². The average Bonchev–Trinajstić information content (AvgIpc) is 3.35. The lowest BCUT2D eigenvalue weighted by atomic mass is 9.63. The first-order chi connectivity index (χ1) is 18.7. The molecule has 2 aromatic carbocycles. The molecule has 0 unspecified atom stereocenters. The van der Waals surface area contributed by atoms with E-state index in [4.69, 9.17) is 23.2 Å². The molecular formula is C32H39Cl2FN2O3. The number of halogens is 3. The van der Waals surface area contributed by atoms with Gasteiger partial charge in [-0.3, -0.25) is 9.59 Å². The first kappa shape index (κ1) is 29.5. The summed E-state index contributed by atoms with van der Waals surface area (Å²) in [5.41, 5.74) is -0.364. The van der Waals surface area contributed by atoms with Crippen LogP contribution in [-0.2, 0) is 15.0 Å². The van der Waals surface area contributed by atoms with Crippen molar-refractivity contribution in [3.63, 3.8) is 0 Å². The molecule has 3 aliphatic rings. The van der Waals surface area contributed by atoms with Gasteiger partial charge in [0, 0.05) is 29.1 Å². The number of anilines is 1. The highest BCUT2D eigenvalue weighted by atomic mass is 35.5. The van der Waals surface area contributed by atoms with Crippen molar-refractivity contribution in [3.8, 4) is 0 Å². The van der Waals surface area contributed by atoms with Crippen LogP contribution in [0.4, 0.5) is 10.1 Å². The SMILES string of the molecule is CC(C)(C)CC[C@@H]1N[C@@H](C(=O)CC2CCC(C)(O)CC2)[C@H](c2cccc(Cl)c2F)[C@]12C(=O)Nc1cc(Cl)ccc12. The molecule has 216 valence electrons. The van der Waals surface area contributed by atoms with E-state index in [-0.39, 0.29) is 33.6 Å². The molecule has 1 saturated heterocycles. The minimum atomic E-state index is -1.23. The van der Waals surface area contributed by atoms with Crippen molar-refractivity contribution in [2.75, 3.05) is 5.32 Å². The van der Waals surface area contributed by atoms with E-state index in [1.807, 2.05) is 13.0 Å². The second-order valence-corrected chi connectivity index (χ2v) is 14.4. The van der Waals surface area contributed by atoms with E-state index >= 15 is 4.39 Å². The van der Waals surface area contributed by atoms with Gasteiger partial charge in [0.2, 0.25) is 5.91 Å². The van der Waals surface area contributed by atoms with Crippen LogP contribution >= 0.6 is 23.2 Å². The zero-order valence-corrected chi connectivity index (χ0v) is 25.1. The van der Waals surface area contributed by atoms with E-state index in [1.165, 1.54) is 6.07 Å². The number of hydrogen-bond donors (Lipinski definition) is 3. The van der Waals surface area contributed by atoms with Crippen molar-refractivity contribution in [3.05, 3.63) is 63.4 Å². The molecule has 1 spiro atoms. The third-order valence-electron chi connectivity index (χ3n) is 9.32. The molecule has 2 heterocycles. The van der Waals surface area contributed by atoms with Gasteiger partial charge in [-0.25, -0.2) is 4.39 Å². The van der Waals surface area contributed by atoms with E-state index in [2.05, 4.69) is 31.4 Å². The number of carbonyl (C=O) groups excluding carboxylic acids is 2. The fraction of sp³-hybridized carbons (Fsp3) is 0.562. The van der Waals surface area contributed by atoms with Crippen molar-refractivity contribution in [1.82, 2.24) is 5.32 Å². The first-order valence-corrected chi connectivity index (χ1v) is 15.0. The van der Waals surface area contributed by atoms with Crippen molar-refractivity contribution < 1.29 is 19.1 Å². The van der Waals surface area contributed by atoms with Gasteiger partial charge in [-0.1, -0.05) is 62.2 Å². The number of carbonyl (C=O) groups is 2. The summed E-state index contributed by atoms with van der Waals surface area (Å²) in [7, 11) is 0. The van der Waals surface area contributed by atoms with Crippen LogP contribution in [0.5, 0.6) is 0 Å². The molecule has 5 rings (SSSR count). The lowest BCUT2D eigenvalue weighted by molar-refractivity contribution is -0.123. The van der Waals surface area contributed by atoms with Crippen molar-refractivity contribution in [2.45, 2.75) is 102 Å². The van der Waals surface area contributed by atoms with E-state index in [0.717, 1.165) is 24.8 Å². The molecule has 2 aliphatic heterocycles. The quantitative estimate of drug-likeness (QED) is 0.334. The van der Waals surface area contributed by atoms with Crippen LogP contribution in [0.2, 0.25) is 10.0 Å². The topological polar surface area (TPSA) is 78.4 Å². The van der Waals surface area contributed by atoms with Crippen LogP contribution < -0.4 is 10.6 Å². The molecule has 2 aromatic rings. The molecule has 0 bridgehead atoms. The lowest BCUT2D eigenvalue weighted by Gasteiger charge is -2.36. The van der Waals surface area contributed by atoms with Crippen LogP contribution in [0.1, 0.15) is 89.7 Å². The molecule has 2 fully saturated rings. The summed E-state index contributed by atoms with van der Waals surface area (Å²) in [5, 5.41) is 17.5. The summed E-state index contributed by atoms with van der Waals surface area (Å²) >= 11 is 12.6. The predicted molar refractivity (Wildman–Crippen MR) is 158 cm³/mol. The second kappa shape index (κ2) is 10.7. The highest BCUT2D eigenvalue weighted by molar-refractivity contribution is 6.31. The maximum absolute atomic E-state index is 15.9. The smallest absolute Gasteiger partial charge is 0.237 e. The Morgan fingerprint density at radius 1 is 1.15 bits per heavy atom. The monoisotopic (exact) mass is 588 g/mol. The average molecular weight is 590 g/mol. The van der Waals surface area contributed by atoms with E-state index < -0.39 is 34.8 Å². The van der Waals surface area contributed by atoms with E-state index in [1.54, 1.807) is 24.3 Å². The van der Waals surface area contributed by atoms with Gasteiger partial charge in [-0.2, -0.15) is 0 Å². The van der Waals surface area contributed by atoms with Gasteiger partial charge in [0.25, 0.3) is 0 Å². The molecule has 0 radical (unpaired) electrons. The zero-order chi connectivity index (χ0) is 29.0. The molecule has 5 nitrogen and oxygen atoms in total. The molecule has 0 aromatic heterocycles. The molecule has 1 saturated carbocycles. The number of Topliss-reactive ketones (excluding diaryl/α,β-unsaturated/α-hetero) is 1. The Morgan fingerprint density at radius 2 is 1.85 bits per heavy atom. The second-order valence-electron chi connectivity index (χ2n) is 13.5. The molecule has 1 amide bonds. The highest BCUT2D eigenvalue weighted by Gasteiger charge is 2.65. The number of fused-ring (bicyclic) bond motifs is 2. The van der Waals surface area contributed by atoms with Gasteiger partial charge in [0.05, 0.1) is 16.7 Å². The molecule has 1 aliphatic carbocycles. The maximum atomic E-state index is 15.9. The molecule has 3 N–H and O–H groups in total. The largest absolute Gasteiger partial charge is 0.390 e. The number of benzene rings is 2. The normalized spacial score (nSPS) is 31.9. The predicted octanol–water partition coefficient (Wildman–Crippen LogP) is 7.17. The number of rotatable bonds is 6. The van der Waals surface area contributed by atoms with Crippen molar-refractivity contribution >= 4 is 40.6 Å². The Balaban J connectivity index is 1.63. The number of aliphatic hydroxyl groups is 1. The van der Waals surface area contributed by atoms with Gasteiger partial charge in [-0.15, -0.1) is 0 Å². The fourth-order valence-electron chi connectivity index (χ4n) is 7.18. The van der Waals surface area contributed by atoms with Gasteiger partial charge in [0.15, 0.2) is 5.78 Å². The highest BCUT2D eigenvalue weighted by Crippen LogP contribution is 2.57. The molecule has 40 heavy (non-hydrogen) atoms. The van der Waals surface area contributed by atoms with Crippen LogP contribution in [0.3, 0.4) is 0 Å². The fourth-order valence-corrected chi connectivity index (χ4v) is 7.53. The standard InChI is InChI=1S/C32H39Cl2FN2O3/c1-30(2,3)13-12-25-32(21-9-8-19(33)17-23(21)36-29(32)39)26(20-6-5-7-22(34)27(20)35)28(37-25)24(38)16-18-10-14-31(4,40)15-11-18/h5-9,17-18,25-26,28,37,40H,10-16H2,1-4H3,(H,36,39)/t18?,25-,26-,28-,31?,32+/m0/s1. The summed E-state index contributed by atoms with van der Waals surface area (Å²) in [6.45, 7) is 8.27. The third-order valence-corrected chi connectivity index (χ3v) is 9.85. The molecule has 8 heteroatoms. The van der Waals surface area contributed by atoms with Crippen molar-refractivity contribution in [2.24, 2.45) is 11.3 Å². The molecular weight excluding hydrogens is 550 g/mol. The van der Waals surface area contributed by atoms with Crippen LogP contribution in [0.25, 0.3) is 0 Å². The minimum Gasteiger partial charge on any atom is -0.390 e. The van der Waals surface area contributed by atoms with E-state index in [0.29, 0.717) is 36.4 Å². The van der Waals surface area contributed by atoms with Crippen LogP contribution in [0, 0.1) is 17.2 Å². The summed E-state index contributed by atoms with van der Waals surface area (Å²) in [6.07, 6.45) is 4.52. The number of nitrogens with one attached hydrogen (secondary N) is 2. The van der Waals surface area contributed by atoms with Crippen LogP contribution in [0.15, 0.2) is 36.4 Å². The number of hydrogen-bond acceptors (Lipinski definition) is 4. The van der Waals surface area contributed by atoms with Gasteiger partial charge in [0.1, 0.15) is 11.2 Å². The van der Waals surface area contributed by atoms with Gasteiger partial charge < -0.3 is 15.7 Å². The Kier molecular flexibility index (Phi) is 7.88. The Morgan fingerprint density at radius 3 is 2.52 bits per heavy atom. The summed E-state index contributed by atoms with van der Waals surface area (Å²) in [5.74, 6) is -1.58. The van der Waals surface area contributed by atoms with E-state index in [9.17, 15) is 14.7 Å². The maximum Gasteiger partial charge on any atom is 0.237 e.